The van der Waals surface area contributed by atoms with Crippen LogP contribution in [0.2, 0.25) is 0 Å². The van der Waals surface area contributed by atoms with Gasteiger partial charge >= 0.3 is 0 Å². The van der Waals surface area contributed by atoms with Crippen molar-refractivity contribution in [3.8, 4) is 0 Å². The molecule has 0 unspecified atom stereocenters. The maximum absolute atomic E-state index is 5.45. The molecular formula is C9H22N6. The molecule has 0 aliphatic rings. The summed E-state index contributed by atoms with van der Waals surface area (Å²) in [5.74, 6) is 11.1. The summed E-state index contributed by atoms with van der Waals surface area (Å²) in [6.45, 7) is 0. The van der Waals surface area contributed by atoms with E-state index in [-0.39, 0.29) is 0 Å². The van der Waals surface area contributed by atoms with E-state index in [9.17, 15) is 0 Å². The SMILES string of the molecule is NN=C(N)CCCCCCCC(N)=NN. The molecule has 0 heterocycles. The second-order valence-corrected chi connectivity index (χ2v) is 3.51. The first kappa shape index (κ1) is 13.5. The van der Waals surface area contributed by atoms with Gasteiger partial charge in [0.1, 0.15) is 11.7 Å². The first-order chi connectivity index (χ1) is 7.20. The Morgan fingerprint density at radius 3 is 1.33 bits per heavy atom. The van der Waals surface area contributed by atoms with Gasteiger partial charge in [-0.1, -0.05) is 19.3 Å². The summed E-state index contributed by atoms with van der Waals surface area (Å²) < 4.78 is 0. The zero-order valence-corrected chi connectivity index (χ0v) is 9.15. The van der Waals surface area contributed by atoms with Crippen molar-refractivity contribution in [2.24, 2.45) is 33.4 Å². The van der Waals surface area contributed by atoms with Crippen LogP contribution in [0.25, 0.3) is 0 Å². The molecule has 15 heavy (non-hydrogen) atoms. The van der Waals surface area contributed by atoms with Gasteiger partial charge in [-0.2, -0.15) is 10.2 Å². The molecule has 0 aliphatic carbocycles. The maximum atomic E-state index is 5.45. The third-order valence-electron chi connectivity index (χ3n) is 2.20. The van der Waals surface area contributed by atoms with Crippen LogP contribution in [0.4, 0.5) is 0 Å². The predicted molar refractivity (Wildman–Crippen MR) is 63.9 cm³/mol. The van der Waals surface area contributed by atoms with Crippen LogP contribution in [0.1, 0.15) is 44.9 Å². The monoisotopic (exact) mass is 214 g/mol. The molecule has 6 heteroatoms. The molecule has 6 nitrogen and oxygen atoms in total. The molecule has 0 rings (SSSR count). The quantitative estimate of drug-likeness (QED) is 0.151. The number of nitrogens with zero attached hydrogens (tertiary/aromatic N) is 2. The van der Waals surface area contributed by atoms with Crippen molar-refractivity contribution in [3.05, 3.63) is 0 Å². The molecule has 0 atom stereocenters. The Kier molecular flexibility index (Phi) is 8.22. The Morgan fingerprint density at radius 1 is 0.667 bits per heavy atom. The van der Waals surface area contributed by atoms with Gasteiger partial charge in [0, 0.05) is 12.8 Å². The molecule has 88 valence electrons. The van der Waals surface area contributed by atoms with Gasteiger partial charge in [-0.25, -0.2) is 0 Å². The second kappa shape index (κ2) is 9.11. The van der Waals surface area contributed by atoms with Crippen molar-refractivity contribution in [1.82, 2.24) is 0 Å². The van der Waals surface area contributed by atoms with Crippen molar-refractivity contribution < 1.29 is 0 Å². The molecule has 0 aromatic rings. The standard InChI is InChI=1S/C9H22N6/c10-8(14-12)6-4-2-1-3-5-7-9(11)15-13/h1-7,12-13H2,(H2,10,14)(H2,11,15). The third-order valence-corrected chi connectivity index (χ3v) is 2.20. The normalized spacial score (nSPS) is 13.1. The van der Waals surface area contributed by atoms with Crippen LogP contribution >= 0.6 is 0 Å². The van der Waals surface area contributed by atoms with Gasteiger partial charge in [0.25, 0.3) is 0 Å². The molecule has 0 radical (unpaired) electrons. The predicted octanol–water partition coefficient (Wildman–Crippen LogP) is 0.179. The zero-order chi connectivity index (χ0) is 11.5. The van der Waals surface area contributed by atoms with Gasteiger partial charge in [-0.15, -0.1) is 0 Å². The molecule has 0 aromatic heterocycles. The Hall–Kier alpha value is -1.46. The van der Waals surface area contributed by atoms with Crippen LogP contribution in [0, 0.1) is 0 Å². The number of unbranched alkanes of at least 4 members (excludes halogenated alkanes) is 4. The Bertz CT molecular complexity index is 189. The van der Waals surface area contributed by atoms with E-state index in [1.165, 1.54) is 0 Å². The fourth-order valence-electron chi connectivity index (χ4n) is 1.27. The van der Waals surface area contributed by atoms with Gasteiger partial charge in [-0.3, -0.25) is 0 Å². The van der Waals surface area contributed by atoms with Gasteiger partial charge in [0.2, 0.25) is 0 Å². The number of hydrogen-bond donors (Lipinski definition) is 4. The van der Waals surface area contributed by atoms with E-state index in [4.69, 9.17) is 23.2 Å². The summed E-state index contributed by atoms with van der Waals surface area (Å²) in [5, 5.41) is 6.81. The Labute approximate surface area is 90.7 Å². The molecule has 0 bridgehead atoms. The molecule has 8 N–H and O–H groups in total. The Morgan fingerprint density at radius 2 is 1.00 bits per heavy atom. The van der Waals surface area contributed by atoms with Crippen LogP contribution in [-0.4, -0.2) is 11.7 Å². The first-order valence-corrected chi connectivity index (χ1v) is 5.25. The lowest BCUT2D eigenvalue weighted by Gasteiger charge is -2.01. The van der Waals surface area contributed by atoms with Gasteiger partial charge < -0.3 is 23.2 Å². The van der Waals surface area contributed by atoms with E-state index >= 15 is 0 Å². The van der Waals surface area contributed by atoms with Gasteiger partial charge in [0.15, 0.2) is 0 Å². The van der Waals surface area contributed by atoms with Crippen molar-refractivity contribution in [1.29, 1.82) is 0 Å². The summed E-state index contributed by atoms with van der Waals surface area (Å²) in [5.41, 5.74) is 10.9. The average Bonchev–Trinajstić information content (AvgIpc) is 2.26. The van der Waals surface area contributed by atoms with Crippen LogP contribution in [0.5, 0.6) is 0 Å². The summed E-state index contributed by atoms with van der Waals surface area (Å²) in [6.07, 6.45) is 7.06. The number of rotatable bonds is 8. The van der Waals surface area contributed by atoms with Crippen molar-refractivity contribution in [2.75, 3.05) is 0 Å². The Balaban J connectivity index is 3.19. The second-order valence-electron chi connectivity index (χ2n) is 3.51. The van der Waals surface area contributed by atoms with E-state index in [0.717, 1.165) is 44.9 Å². The van der Waals surface area contributed by atoms with E-state index < -0.39 is 0 Å². The minimum Gasteiger partial charge on any atom is -0.386 e. The molecule has 0 saturated carbocycles. The maximum Gasteiger partial charge on any atom is 0.119 e. The first-order valence-electron chi connectivity index (χ1n) is 5.25. The van der Waals surface area contributed by atoms with Crippen LogP contribution < -0.4 is 23.2 Å². The third kappa shape index (κ3) is 8.86. The topological polar surface area (TPSA) is 129 Å². The molecule has 0 aliphatic heterocycles. The lowest BCUT2D eigenvalue weighted by Crippen LogP contribution is -2.13. The highest BCUT2D eigenvalue weighted by Crippen LogP contribution is 2.06. The average molecular weight is 214 g/mol. The zero-order valence-electron chi connectivity index (χ0n) is 9.15. The van der Waals surface area contributed by atoms with E-state index in [1.807, 2.05) is 0 Å². The lowest BCUT2D eigenvalue weighted by molar-refractivity contribution is 0.630. The van der Waals surface area contributed by atoms with Crippen molar-refractivity contribution >= 4 is 11.7 Å². The fourth-order valence-corrected chi connectivity index (χ4v) is 1.27. The lowest BCUT2D eigenvalue weighted by atomic mass is 10.1. The summed E-state index contributed by atoms with van der Waals surface area (Å²) >= 11 is 0. The number of nitrogens with two attached hydrogens (primary N) is 4. The molecule has 0 spiro atoms. The number of hydrogen-bond acceptors (Lipinski definition) is 4. The highest BCUT2D eigenvalue weighted by atomic mass is 15.2. The highest BCUT2D eigenvalue weighted by Gasteiger charge is 1.95. The summed E-state index contributed by atoms with van der Waals surface area (Å²) in [6, 6.07) is 0. The summed E-state index contributed by atoms with van der Waals surface area (Å²) in [4.78, 5) is 0. The highest BCUT2D eigenvalue weighted by molar-refractivity contribution is 5.80. The van der Waals surface area contributed by atoms with Gasteiger partial charge in [0.05, 0.1) is 0 Å². The van der Waals surface area contributed by atoms with Gasteiger partial charge in [-0.05, 0) is 12.8 Å². The van der Waals surface area contributed by atoms with E-state index in [1.54, 1.807) is 0 Å². The molecular weight excluding hydrogens is 192 g/mol. The number of amidine groups is 2. The van der Waals surface area contributed by atoms with Crippen LogP contribution in [-0.2, 0) is 0 Å². The van der Waals surface area contributed by atoms with Crippen LogP contribution in [0.15, 0.2) is 10.2 Å². The van der Waals surface area contributed by atoms with Crippen LogP contribution in [0.3, 0.4) is 0 Å². The smallest absolute Gasteiger partial charge is 0.119 e. The van der Waals surface area contributed by atoms with E-state index in [2.05, 4.69) is 10.2 Å². The molecule has 0 saturated heterocycles. The summed E-state index contributed by atoms with van der Waals surface area (Å²) in [7, 11) is 0. The molecule has 0 amide bonds. The van der Waals surface area contributed by atoms with Crippen molar-refractivity contribution in [2.45, 2.75) is 44.9 Å². The molecule has 0 aromatic carbocycles. The molecule has 0 fully saturated rings. The number of hydrazone groups is 2. The van der Waals surface area contributed by atoms with E-state index in [0.29, 0.717) is 11.7 Å². The van der Waals surface area contributed by atoms with Crippen molar-refractivity contribution in [3.63, 3.8) is 0 Å². The largest absolute Gasteiger partial charge is 0.386 e. The fraction of sp³-hybridized carbons (Fsp3) is 0.778. The minimum absolute atomic E-state index is 0.523. The minimum atomic E-state index is 0.523.